The summed E-state index contributed by atoms with van der Waals surface area (Å²) in [5.41, 5.74) is 7.16. The van der Waals surface area contributed by atoms with Gasteiger partial charge in [-0.25, -0.2) is 4.79 Å². The summed E-state index contributed by atoms with van der Waals surface area (Å²) in [5.74, 6) is 0. The molecule has 0 spiro atoms. The SMILES string of the molecule is N#Cc1ccc2[nH]cc(CCCCN3CCN(c4cccc5c4[nH]c(=O)n5Cc4ccccc4)CC3)c2c1. The molecule has 3 aromatic carbocycles. The fourth-order valence-electron chi connectivity index (χ4n) is 5.67. The van der Waals surface area contributed by atoms with E-state index in [1.807, 2.05) is 47.0 Å². The van der Waals surface area contributed by atoms with Crippen LogP contribution in [0.25, 0.3) is 21.9 Å². The smallest absolute Gasteiger partial charge is 0.326 e. The van der Waals surface area contributed by atoms with Crippen LogP contribution in [0.4, 0.5) is 5.69 Å². The number of benzene rings is 3. The van der Waals surface area contributed by atoms with E-state index in [9.17, 15) is 10.1 Å². The van der Waals surface area contributed by atoms with Crippen molar-refractivity contribution in [3.05, 3.63) is 100 Å². The molecule has 7 heteroatoms. The molecule has 6 rings (SSSR count). The summed E-state index contributed by atoms with van der Waals surface area (Å²) in [5, 5.41) is 10.4. The van der Waals surface area contributed by atoms with Crippen molar-refractivity contribution in [3.8, 4) is 6.07 Å². The Morgan fingerprint density at radius 1 is 0.921 bits per heavy atom. The van der Waals surface area contributed by atoms with Gasteiger partial charge in [-0.15, -0.1) is 0 Å². The van der Waals surface area contributed by atoms with Crippen molar-refractivity contribution < 1.29 is 0 Å². The van der Waals surface area contributed by atoms with Gasteiger partial charge in [0.15, 0.2) is 0 Å². The molecule has 192 valence electrons. The first-order valence-corrected chi connectivity index (χ1v) is 13.4. The molecule has 0 radical (unpaired) electrons. The van der Waals surface area contributed by atoms with Gasteiger partial charge in [-0.3, -0.25) is 9.47 Å². The Labute approximate surface area is 221 Å². The standard InChI is InChI=1S/C31H32N6O/c32-20-24-12-13-27-26(19-24)25(21-33-27)9-4-5-14-35-15-17-36(18-16-35)28-10-6-11-29-30(28)34-31(38)37(29)22-23-7-2-1-3-8-23/h1-3,6-8,10-13,19,21,33H,4-5,9,14-18,22H2,(H,34,38). The quantitative estimate of drug-likeness (QED) is 0.295. The highest BCUT2D eigenvalue weighted by molar-refractivity contribution is 5.89. The zero-order valence-electron chi connectivity index (χ0n) is 21.5. The molecule has 0 aliphatic carbocycles. The van der Waals surface area contributed by atoms with E-state index in [4.69, 9.17) is 0 Å². The third-order valence-corrected chi connectivity index (χ3v) is 7.75. The second kappa shape index (κ2) is 10.6. The fraction of sp³-hybridized carbons (Fsp3) is 0.290. The zero-order valence-corrected chi connectivity index (χ0v) is 21.5. The van der Waals surface area contributed by atoms with E-state index in [1.54, 1.807) is 0 Å². The number of fused-ring (bicyclic) bond motifs is 2. The van der Waals surface area contributed by atoms with Crippen LogP contribution in [0.2, 0.25) is 0 Å². The monoisotopic (exact) mass is 504 g/mol. The number of nitrogens with one attached hydrogen (secondary N) is 2. The number of nitriles is 1. The Balaban J connectivity index is 1.05. The number of para-hydroxylation sites is 1. The molecule has 1 fully saturated rings. The van der Waals surface area contributed by atoms with E-state index in [2.05, 4.69) is 56.3 Å². The molecular weight excluding hydrogens is 472 g/mol. The lowest BCUT2D eigenvalue weighted by molar-refractivity contribution is 0.253. The van der Waals surface area contributed by atoms with Crippen LogP contribution in [0.1, 0.15) is 29.5 Å². The molecule has 2 aromatic heterocycles. The number of anilines is 1. The second-order valence-electron chi connectivity index (χ2n) is 10.1. The number of aromatic amines is 2. The highest BCUT2D eigenvalue weighted by atomic mass is 16.1. The van der Waals surface area contributed by atoms with E-state index in [-0.39, 0.29) is 5.69 Å². The van der Waals surface area contributed by atoms with Crippen molar-refractivity contribution in [1.82, 2.24) is 19.4 Å². The van der Waals surface area contributed by atoms with Crippen LogP contribution in [0, 0.1) is 11.3 Å². The fourth-order valence-corrected chi connectivity index (χ4v) is 5.67. The Kier molecular flexibility index (Phi) is 6.72. The van der Waals surface area contributed by atoms with Crippen LogP contribution in [0.15, 0.2) is 77.7 Å². The largest absolute Gasteiger partial charge is 0.367 e. The summed E-state index contributed by atoms with van der Waals surface area (Å²) in [6.07, 6.45) is 5.38. The number of hydrogen-bond donors (Lipinski definition) is 2. The van der Waals surface area contributed by atoms with Crippen LogP contribution < -0.4 is 10.6 Å². The van der Waals surface area contributed by atoms with Gasteiger partial charge in [0.1, 0.15) is 0 Å². The average Bonchev–Trinajstić information content (AvgIpc) is 3.51. The molecule has 0 atom stereocenters. The minimum absolute atomic E-state index is 0.0611. The normalized spacial score (nSPS) is 14.3. The Morgan fingerprint density at radius 2 is 1.76 bits per heavy atom. The van der Waals surface area contributed by atoms with Gasteiger partial charge < -0.3 is 14.9 Å². The lowest BCUT2D eigenvalue weighted by Gasteiger charge is -2.36. The molecular formula is C31H32N6O. The van der Waals surface area contributed by atoms with Crippen molar-refractivity contribution in [2.45, 2.75) is 25.8 Å². The average molecular weight is 505 g/mol. The summed E-state index contributed by atoms with van der Waals surface area (Å²) in [7, 11) is 0. The van der Waals surface area contributed by atoms with Crippen molar-refractivity contribution >= 4 is 27.6 Å². The van der Waals surface area contributed by atoms with E-state index >= 15 is 0 Å². The number of hydrogen-bond acceptors (Lipinski definition) is 4. The molecule has 0 bridgehead atoms. The first-order chi connectivity index (χ1) is 18.7. The molecule has 0 saturated carbocycles. The third kappa shape index (κ3) is 4.83. The first-order valence-electron chi connectivity index (χ1n) is 13.4. The Bertz CT molecular complexity index is 1650. The molecule has 2 N–H and O–H groups in total. The van der Waals surface area contributed by atoms with Gasteiger partial charge in [-0.1, -0.05) is 36.4 Å². The highest BCUT2D eigenvalue weighted by Gasteiger charge is 2.20. The van der Waals surface area contributed by atoms with Crippen LogP contribution in [-0.2, 0) is 13.0 Å². The first kappa shape index (κ1) is 24.1. The number of aryl methyl sites for hydroxylation is 1. The highest BCUT2D eigenvalue weighted by Crippen LogP contribution is 2.26. The molecule has 7 nitrogen and oxygen atoms in total. The minimum Gasteiger partial charge on any atom is -0.367 e. The molecule has 1 aliphatic rings. The minimum atomic E-state index is -0.0611. The summed E-state index contributed by atoms with van der Waals surface area (Å²) < 4.78 is 1.83. The van der Waals surface area contributed by atoms with E-state index < -0.39 is 0 Å². The second-order valence-corrected chi connectivity index (χ2v) is 10.1. The van der Waals surface area contributed by atoms with Crippen LogP contribution in [-0.4, -0.2) is 52.2 Å². The van der Waals surface area contributed by atoms with Crippen LogP contribution >= 0.6 is 0 Å². The topological polar surface area (TPSA) is 83.8 Å². The number of nitrogens with zero attached hydrogens (tertiary/aromatic N) is 4. The number of imidazole rings is 1. The molecule has 1 aliphatic heterocycles. The summed E-state index contributed by atoms with van der Waals surface area (Å²) >= 11 is 0. The van der Waals surface area contributed by atoms with Gasteiger partial charge in [0.2, 0.25) is 0 Å². The lowest BCUT2D eigenvalue weighted by Crippen LogP contribution is -2.46. The Morgan fingerprint density at radius 3 is 2.58 bits per heavy atom. The van der Waals surface area contributed by atoms with Crippen LogP contribution in [0.5, 0.6) is 0 Å². The van der Waals surface area contributed by atoms with Gasteiger partial charge in [0.25, 0.3) is 0 Å². The predicted octanol–water partition coefficient (Wildman–Crippen LogP) is 4.88. The van der Waals surface area contributed by atoms with Gasteiger partial charge in [-0.2, -0.15) is 5.26 Å². The van der Waals surface area contributed by atoms with E-state index in [0.717, 1.165) is 79.8 Å². The summed E-state index contributed by atoms with van der Waals surface area (Å²) in [6.45, 7) is 5.59. The number of rotatable bonds is 8. The molecule has 0 unspecified atom stereocenters. The lowest BCUT2D eigenvalue weighted by atomic mass is 10.1. The maximum Gasteiger partial charge on any atom is 0.326 e. The predicted molar refractivity (Wildman–Crippen MR) is 153 cm³/mol. The van der Waals surface area contributed by atoms with Crippen molar-refractivity contribution in [1.29, 1.82) is 5.26 Å². The number of unbranched alkanes of at least 4 members (excludes halogenated alkanes) is 1. The molecule has 1 saturated heterocycles. The summed E-state index contributed by atoms with van der Waals surface area (Å²) in [4.78, 5) is 24.2. The van der Waals surface area contributed by atoms with Crippen LogP contribution in [0.3, 0.4) is 0 Å². The van der Waals surface area contributed by atoms with Crippen molar-refractivity contribution in [3.63, 3.8) is 0 Å². The summed E-state index contributed by atoms with van der Waals surface area (Å²) in [6, 6.07) is 24.4. The molecule has 38 heavy (non-hydrogen) atoms. The molecule has 3 heterocycles. The van der Waals surface area contributed by atoms with Gasteiger partial charge in [0.05, 0.1) is 34.9 Å². The van der Waals surface area contributed by atoms with Crippen molar-refractivity contribution in [2.24, 2.45) is 0 Å². The third-order valence-electron chi connectivity index (χ3n) is 7.75. The number of piperazine rings is 1. The number of H-pyrrole nitrogens is 2. The van der Waals surface area contributed by atoms with E-state index in [1.165, 1.54) is 10.9 Å². The zero-order chi connectivity index (χ0) is 25.9. The van der Waals surface area contributed by atoms with Crippen molar-refractivity contribution in [2.75, 3.05) is 37.6 Å². The van der Waals surface area contributed by atoms with Gasteiger partial charge in [-0.05, 0) is 67.3 Å². The maximum absolute atomic E-state index is 12.8. The van der Waals surface area contributed by atoms with Gasteiger partial charge in [0, 0.05) is 43.3 Å². The maximum atomic E-state index is 12.8. The molecule has 0 amide bonds. The van der Waals surface area contributed by atoms with E-state index in [0.29, 0.717) is 12.1 Å². The van der Waals surface area contributed by atoms with Gasteiger partial charge >= 0.3 is 5.69 Å². The Hall–Kier alpha value is -4.28. The number of aromatic nitrogens is 3. The molecule has 5 aromatic rings.